The average molecular weight is 586 g/mol. The van der Waals surface area contributed by atoms with Crippen molar-refractivity contribution in [2.45, 2.75) is 76.0 Å². The van der Waals surface area contributed by atoms with Crippen LogP contribution in [0.2, 0.25) is 5.02 Å². The summed E-state index contributed by atoms with van der Waals surface area (Å²) < 4.78 is 4.71. The Hall–Kier alpha value is -2.65. The average Bonchev–Trinajstić information content (AvgIpc) is 3.32. The molecule has 1 saturated heterocycles. The zero-order valence-corrected chi connectivity index (χ0v) is 25.1. The van der Waals surface area contributed by atoms with E-state index < -0.39 is 17.8 Å². The fraction of sp³-hybridized carbons (Fsp3) is 0.562. The zero-order chi connectivity index (χ0) is 29.7. The number of halogens is 1. The molecule has 1 saturated carbocycles. The largest absolute Gasteiger partial charge is 0.453 e. The maximum atomic E-state index is 13.5. The Morgan fingerprint density at radius 1 is 1.22 bits per heavy atom. The normalized spacial score (nSPS) is 24.2. The lowest BCUT2D eigenvalue weighted by atomic mass is 9.72. The van der Waals surface area contributed by atoms with Gasteiger partial charge in [0.05, 0.1) is 18.8 Å². The molecule has 0 radical (unpaired) electrons. The lowest BCUT2D eigenvalue weighted by Crippen LogP contribution is -2.49. The number of piperidine rings is 1. The molecule has 2 aromatic carbocycles. The van der Waals surface area contributed by atoms with E-state index in [9.17, 15) is 19.8 Å². The Balaban J connectivity index is 1.70. The molecule has 1 heterocycles. The first-order valence-electron chi connectivity index (χ1n) is 14.7. The molecule has 0 spiro atoms. The molecule has 41 heavy (non-hydrogen) atoms. The van der Waals surface area contributed by atoms with E-state index in [1.54, 1.807) is 0 Å². The molecule has 5 N–H and O–H groups in total. The van der Waals surface area contributed by atoms with Gasteiger partial charge < -0.3 is 30.9 Å². The number of carbonyl (C=O) groups is 2. The van der Waals surface area contributed by atoms with E-state index in [1.807, 2.05) is 35.2 Å². The molecule has 0 bridgehead atoms. The van der Waals surface area contributed by atoms with E-state index in [1.165, 1.54) is 12.7 Å². The molecule has 8 nitrogen and oxygen atoms in total. The van der Waals surface area contributed by atoms with Crippen molar-refractivity contribution in [3.63, 3.8) is 0 Å². The van der Waals surface area contributed by atoms with Crippen molar-refractivity contribution < 1.29 is 24.5 Å². The summed E-state index contributed by atoms with van der Waals surface area (Å²) in [7, 11) is 1.32. The number of nitrogens with one attached hydrogen (secondary N) is 1. The molecule has 2 aromatic rings. The van der Waals surface area contributed by atoms with Gasteiger partial charge in [-0.25, -0.2) is 4.79 Å². The van der Waals surface area contributed by atoms with Crippen molar-refractivity contribution in [2.24, 2.45) is 17.6 Å². The topological polar surface area (TPSA) is 125 Å². The number of hydrogen-bond donors (Lipinski definition) is 4. The molecule has 2 fully saturated rings. The Morgan fingerprint density at radius 2 is 1.98 bits per heavy atom. The van der Waals surface area contributed by atoms with Crippen molar-refractivity contribution in [3.05, 3.63) is 58.6 Å². The summed E-state index contributed by atoms with van der Waals surface area (Å²) in [5.74, 6) is -0.253. The smallest absolute Gasteiger partial charge is 0.406 e. The van der Waals surface area contributed by atoms with Gasteiger partial charge in [-0.2, -0.15) is 0 Å². The van der Waals surface area contributed by atoms with Crippen molar-refractivity contribution in [2.75, 3.05) is 26.7 Å². The third kappa shape index (κ3) is 7.05. The molecule has 4 rings (SSSR count). The standard InChI is InChI=1S/C32H44ClN3O5/c1-20(2)21-8-4-9-22(16-21)29-25(11-5-12-26(29)33)32(40,13-7-14-35-31(39)41-3)24-10-6-15-36(19-24)30(38)23-17-27(34)28(37)18-23/h4-5,8-9,11-12,16,20,23-24,27-28,37,40H,6-7,10,13-15,17-19,34H2,1-3H3,(H,35,39)/t23-,24+,27+,28-,32?/m0/s1. The number of nitrogens with two attached hydrogens (primary N) is 1. The number of amides is 2. The maximum absolute atomic E-state index is 13.5. The second kappa shape index (κ2) is 13.6. The minimum absolute atomic E-state index is 0.00707. The highest BCUT2D eigenvalue weighted by atomic mass is 35.5. The van der Waals surface area contributed by atoms with Gasteiger partial charge in [0.15, 0.2) is 0 Å². The minimum Gasteiger partial charge on any atom is -0.453 e. The van der Waals surface area contributed by atoms with Crippen LogP contribution in [0, 0.1) is 11.8 Å². The highest BCUT2D eigenvalue weighted by Crippen LogP contribution is 2.46. The first-order chi connectivity index (χ1) is 19.5. The molecule has 0 aromatic heterocycles. The maximum Gasteiger partial charge on any atom is 0.406 e. The number of rotatable bonds is 9. The Labute approximate surface area is 248 Å². The van der Waals surface area contributed by atoms with Gasteiger partial charge in [-0.3, -0.25) is 4.79 Å². The summed E-state index contributed by atoms with van der Waals surface area (Å²) in [5.41, 5.74) is 8.30. The first kappa shape index (κ1) is 31.3. The van der Waals surface area contributed by atoms with Crippen LogP contribution >= 0.6 is 11.6 Å². The molecular formula is C32H44ClN3O5. The van der Waals surface area contributed by atoms with Crippen molar-refractivity contribution in [1.82, 2.24) is 10.2 Å². The van der Waals surface area contributed by atoms with Gasteiger partial charge in [0, 0.05) is 48.1 Å². The Morgan fingerprint density at radius 3 is 2.66 bits per heavy atom. The highest BCUT2D eigenvalue weighted by Gasteiger charge is 2.44. The second-order valence-corrected chi connectivity index (χ2v) is 12.3. The number of hydrogen-bond acceptors (Lipinski definition) is 6. The van der Waals surface area contributed by atoms with Crippen molar-refractivity contribution >= 4 is 23.6 Å². The summed E-state index contributed by atoms with van der Waals surface area (Å²) in [4.78, 5) is 27.0. The molecule has 2 amide bonds. The van der Waals surface area contributed by atoms with E-state index in [4.69, 9.17) is 22.1 Å². The lowest BCUT2D eigenvalue weighted by Gasteiger charge is -2.44. The lowest BCUT2D eigenvalue weighted by molar-refractivity contribution is -0.141. The fourth-order valence-electron chi connectivity index (χ4n) is 6.49. The summed E-state index contributed by atoms with van der Waals surface area (Å²) in [6.07, 6.45) is 1.98. The number of carbonyl (C=O) groups excluding carboxylic acids is 2. The van der Waals surface area contributed by atoms with Crippen LogP contribution in [-0.4, -0.2) is 66.0 Å². The van der Waals surface area contributed by atoms with Gasteiger partial charge in [-0.1, -0.05) is 61.8 Å². The van der Waals surface area contributed by atoms with E-state index in [-0.39, 0.29) is 23.8 Å². The molecule has 5 atom stereocenters. The van der Waals surface area contributed by atoms with E-state index >= 15 is 0 Å². The minimum atomic E-state index is -1.32. The van der Waals surface area contributed by atoms with Crippen LogP contribution in [0.15, 0.2) is 42.5 Å². The number of alkyl carbamates (subject to hydrolysis) is 1. The van der Waals surface area contributed by atoms with Crippen molar-refractivity contribution in [3.8, 4) is 11.1 Å². The number of nitrogens with zero attached hydrogens (tertiary/aromatic N) is 1. The van der Waals surface area contributed by atoms with E-state index in [0.29, 0.717) is 56.3 Å². The van der Waals surface area contributed by atoms with Gasteiger partial charge in [0.1, 0.15) is 0 Å². The highest BCUT2D eigenvalue weighted by molar-refractivity contribution is 6.33. The van der Waals surface area contributed by atoms with E-state index in [2.05, 4.69) is 31.3 Å². The third-order valence-corrected chi connectivity index (χ3v) is 9.16. The van der Waals surface area contributed by atoms with E-state index in [0.717, 1.165) is 29.5 Å². The molecule has 2 aliphatic rings. The first-order valence-corrected chi connectivity index (χ1v) is 15.1. The number of methoxy groups -OCH3 is 1. The monoisotopic (exact) mass is 585 g/mol. The number of aliphatic hydroxyl groups excluding tert-OH is 1. The number of ether oxygens (including phenoxy) is 1. The number of likely N-dealkylation sites (tertiary alicyclic amines) is 1. The molecular weight excluding hydrogens is 542 g/mol. The van der Waals surface area contributed by atoms with Crippen LogP contribution in [0.4, 0.5) is 4.79 Å². The van der Waals surface area contributed by atoms with Gasteiger partial charge >= 0.3 is 6.09 Å². The molecule has 1 unspecified atom stereocenters. The van der Waals surface area contributed by atoms with Crippen LogP contribution in [0.25, 0.3) is 11.1 Å². The van der Waals surface area contributed by atoms with Crippen LogP contribution < -0.4 is 11.1 Å². The summed E-state index contributed by atoms with van der Waals surface area (Å²) >= 11 is 6.87. The molecule has 224 valence electrons. The summed E-state index contributed by atoms with van der Waals surface area (Å²) in [6, 6.07) is 13.5. The van der Waals surface area contributed by atoms with Gasteiger partial charge in [0.25, 0.3) is 0 Å². The number of aliphatic hydroxyl groups is 2. The fourth-order valence-corrected chi connectivity index (χ4v) is 6.77. The molecule has 1 aliphatic heterocycles. The van der Waals surface area contributed by atoms with Crippen LogP contribution in [-0.2, 0) is 15.1 Å². The third-order valence-electron chi connectivity index (χ3n) is 8.85. The van der Waals surface area contributed by atoms with Crippen LogP contribution in [0.1, 0.15) is 69.4 Å². The summed E-state index contributed by atoms with van der Waals surface area (Å²) in [5, 5.41) is 26.1. The summed E-state index contributed by atoms with van der Waals surface area (Å²) in [6.45, 7) is 5.61. The molecule has 1 aliphatic carbocycles. The Bertz CT molecular complexity index is 1210. The predicted molar refractivity (Wildman–Crippen MR) is 161 cm³/mol. The van der Waals surface area contributed by atoms with Gasteiger partial charge in [-0.15, -0.1) is 0 Å². The SMILES string of the molecule is COC(=O)NCCCC(O)(c1cccc(Cl)c1-c1cccc(C(C)C)c1)[C@@H]1CCCN(C(=O)[C@H]2C[C@@H](N)[C@@H](O)C2)C1. The predicted octanol–water partition coefficient (Wildman–Crippen LogP) is 4.79. The quantitative estimate of drug-likeness (QED) is 0.314. The Kier molecular flexibility index (Phi) is 10.3. The zero-order valence-electron chi connectivity index (χ0n) is 24.3. The van der Waals surface area contributed by atoms with Crippen LogP contribution in [0.5, 0.6) is 0 Å². The second-order valence-electron chi connectivity index (χ2n) is 11.9. The van der Waals surface area contributed by atoms with Crippen molar-refractivity contribution in [1.29, 1.82) is 0 Å². The van der Waals surface area contributed by atoms with Gasteiger partial charge in [0.2, 0.25) is 5.91 Å². The number of benzene rings is 2. The van der Waals surface area contributed by atoms with Crippen LogP contribution in [0.3, 0.4) is 0 Å². The molecule has 9 heteroatoms. The van der Waals surface area contributed by atoms with Gasteiger partial charge in [-0.05, 0) is 67.2 Å².